The second-order valence-electron chi connectivity index (χ2n) is 5.64. The van der Waals surface area contributed by atoms with Gasteiger partial charge in [-0.1, -0.05) is 11.6 Å². The van der Waals surface area contributed by atoms with Crippen molar-refractivity contribution < 1.29 is 19.1 Å². The lowest BCUT2D eigenvalue weighted by Crippen LogP contribution is -2.15. The van der Waals surface area contributed by atoms with Crippen LogP contribution in [0.5, 0.6) is 11.5 Å². The third-order valence-electron chi connectivity index (χ3n) is 3.62. The lowest BCUT2D eigenvalue weighted by molar-refractivity contribution is -0.116. The molecule has 2 rings (SSSR count). The molecule has 2 aromatic carbocycles. The van der Waals surface area contributed by atoms with Gasteiger partial charge in [-0.25, -0.2) is 0 Å². The summed E-state index contributed by atoms with van der Waals surface area (Å²) in [7, 11) is 3.15. The fraction of sp³-hybridized carbons (Fsp3) is 0.263. The predicted molar refractivity (Wildman–Crippen MR) is 102 cm³/mol. The number of anilines is 2. The van der Waals surface area contributed by atoms with Gasteiger partial charge in [0.25, 0.3) is 0 Å². The second kappa shape index (κ2) is 9.10. The van der Waals surface area contributed by atoms with Crippen molar-refractivity contribution in [3.8, 4) is 11.5 Å². The molecule has 0 atom stereocenters. The van der Waals surface area contributed by atoms with Gasteiger partial charge in [-0.3, -0.25) is 9.59 Å². The zero-order chi connectivity index (χ0) is 19.1. The highest BCUT2D eigenvalue weighted by molar-refractivity contribution is 6.31. The Labute approximate surface area is 157 Å². The first-order chi connectivity index (χ1) is 12.4. The van der Waals surface area contributed by atoms with E-state index in [0.717, 1.165) is 5.56 Å². The highest BCUT2D eigenvalue weighted by atomic mass is 35.5. The normalized spacial score (nSPS) is 10.2. The van der Waals surface area contributed by atoms with E-state index in [0.29, 0.717) is 34.3 Å². The standard InChI is InChI=1S/C19H21ClN2O4/c1-12(23)21-17-6-5-14(20)10-18(17)22-19(24)7-4-13-8-15(25-2)11-16(9-13)26-3/h5-6,8-11H,4,7H2,1-3H3,(H,21,23)(H,22,24). The highest BCUT2D eigenvalue weighted by Crippen LogP contribution is 2.27. The van der Waals surface area contributed by atoms with Crippen molar-refractivity contribution in [1.82, 2.24) is 0 Å². The Hall–Kier alpha value is -2.73. The van der Waals surface area contributed by atoms with Crippen LogP contribution in [0.4, 0.5) is 11.4 Å². The molecule has 2 N–H and O–H groups in total. The maximum Gasteiger partial charge on any atom is 0.224 e. The van der Waals surface area contributed by atoms with Gasteiger partial charge < -0.3 is 20.1 Å². The number of ether oxygens (including phenoxy) is 2. The molecule has 0 unspecified atom stereocenters. The molecular weight excluding hydrogens is 356 g/mol. The van der Waals surface area contributed by atoms with Gasteiger partial charge in [0.2, 0.25) is 11.8 Å². The van der Waals surface area contributed by atoms with Crippen LogP contribution in [0.2, 0.25) is 5.02 Å². The molecule has 0 bridgehead atoms. The molecule has 0 aliphatic carbocycles. The van der Waals surface area contributed by atoms with Gasteiger partial charge in [-0.05, 0) is 42.3 Å². The van der Waals surface area contributed by atoms with Crippen molar-refractivity contribution >= 4 is 34.8 Å². The first-order valence-electron chi connectivity index (χ1n) is 8.00. The minimum atomic E-state index is -0.230. The van der Waals surface area contributed by atoms with Gasteiger partial charge in [0, 0.05) is 24.4 Å². The molecule has 0 heterocycles. The van der Waals surface area contributed by atoms with E-state index in [1.165, 1.54) is 6.92 Å². The van der Waals surface area contributed by atoms with E-state index in [9.17, 15) is 9.59 Å². The molecule has 2 aromatic rings. The van der Waals surface area contributed by atoms with Gasteiger partial charge in [-0.2, -0.15) is 0 Å². The number of aryl methyl sites for hydroxylation is 1. The summed E-state index contributed by atoms with van der Waals surface area (Å²) in [4.78, 5) is 23.6. The smallest absolute Gasteiger partial charge is 0.224 e. The minimum absolute atomic E-state index is 0.194. The zero-order valence-electron chi connectivity index (χ0n) is 14.9. The molecule has 7 heteroatoms. The van der Waals surface area contributed by atoms with Gasteiger partial charge in [0.1, 0.15) is 11.5 Å². The van der Waals surface area contributed by atoms with Gasteiger partial charge in [0.15, 0.2) is 0 Å². The molecule has 26 heavy (non-hydrogen) atoms. The summed E-state index contributed by atoms with van der Waals surface area (Å²) in [5.74, 6) is 0.914. The Morgan fingerprint density at radius 1 is 0.962 bits per heavy atom. The fourth-order valence-corrected chi connectivity index (χ4v) is 2.57. The van der Waals surface area contributed by atoms with Crippen LogP contribution in [0.1, 0.15) is 18.9 Å². The largest absolute Gasteiger partial charge is 0.497 e. The molecule has 0 aliphatic heterocycles. The third-order valence-corrected chi connectivity index (χ3v) is 3.85. The molecule has 0 aromatic heterocycles. The Kier molecular flexibility index (Phi) is 6.86. The topological polar surface area (TPSA) is 76.7 Å². The van der Waals surface area contributed by atoms with Gasteiger partial charge in [-0.15, -0.1) is 0 Å². The SMILES string of the molecule is COc1cc(CCC(=O)Nc2cc(Cl)ccc2NC(C)=O)cc(OC)c1. The van der Waals surface area contributed by atoms with Crippen molar-refractivity contribution in [2.45, 2.75) is 19.8 Å². The van der Waals surface area contributed by atoms with Crippen LogP contribution in [-0.4, -0.2) is 26.0 Å². The molecule has 0 spiro atoms. The van der Waals surface area contributed by atoms with E-state index in [1.807, 2.05) is 12.1 Å². The summed E-state index contributed by atoms with van der Waals surface area (Å²) in [6.07, 6.45) is 0.762. The monoisotopic (exact) mass is 376 g/mol. The molecule has 2 amide bonds. The first-order valence-corrected chi connectivity index (χ1v) is 8.38. The number of hydrogen-bond acceptors (Lipinski definition) is 4. The first kappa shape index (κ1) is 19.6. The second-order valence-corrected chi connectivity index (χ2v) is 6.08. The number of carbonyl (C=O) groups is 2. The maximum absolute atomic E-state index is 12.3. The fourth-order valence-electron chi connectivity index (χ4n) is 2.40. The average Bonchev–Trinajstić information content (AvgIpc) is 2.61. The van der Waals surface area contributed by atoms with Crippen LogP contribution in [0.25, 0.3) is 0 Å². The lowest BCUT2D eigenvalue weighted by atomic mass is 10.1. The summed E-state index contributed by atoms with van der Waals surface area (Å²) >= 11 is 5.98. The molecular formula is C19H21ClN2O4. The van der Waals surface area contributed by atoms with E-state index in [1.54, 1.807) is 38.5 Å². The number of methoxy groups -OCH3 is 2. The van der Waals surface area contributed by atoms with Crippen LogP contribution in [0.15, 0.2) is 36.4 Å². The number of benzene rings is 2. The van der Waals surface area contributed by atoms with Crippen molar-refractivity contribution in [3.63, 3.8) is 0 Å². The van der Waals surface area contributed by atoms with Crippen LogP contribution in [0.3, 0.4) is 0 Å². The molecule has 6 nitrogen and oxygen atoms in total. The molecule has 0 fully saturated rings. The average molecular weight is 377 g/mol. The Balaban J connectivity index is 2.05. The number of amides is 2. The van der Waals surface area contributed by atoms with E-state index in [2.05, 4.69) is 10.6 Å². The lowest BCUT2D eigenvalue weighted by Gasteiger charge is -2.12. The quantitative estimate of drug-likeness (QED) is 0.768. The van der Waals surface area contributed by atoms with Gasteiger partial charge >= 0.3 is 0 Å². The number of rotatable bonds is 7. The van der Waals surface area contributed by atoms with Crippen molar-refractivity contribution in [3.05, 3.63) is 47.0 Å². The van der Waals surface area contributed by atoms with Crippen LogP contribution >= 0.6 is 11.6 Å². The Morgan fingerprint density at radius 2 is 1.62 bits per heavy atom. The van der Waals surface area contributed by atoms with Crippen molar-refractivity contribution in [2.24, 2.45) is 0 Å². The molecule has 0 saturated carbocycles. The summed E-state index contributed by atoms with van der Waals surface area (Å²) in [6.45, 7) is 1.40. The number of carbonyl (C=O) groups excluding carboxylic acids is 2. The third kappa shape index (κ3) is 5.67. The summed E-state index contributed by atoms with van der Waals surface area (Å²) in [5.41, 5.74) is 1.88. The van der Waals surface area contributed by atoms with Gasteiger partial charge in [0.05, 0.1) is 25.6 Å². The number of nitrogens with one attached hydrogen (secondary N) is 2. The van der Waals surface area contributed by atoms with E-state index in [-0.39, 0.29) is 18.2 Å². The van der Waals surface area contributed by atoms with Crippen LogP contribution in [-0.2, 0) is 16.0 Å². The summed E-state index contributed by atoms with van der Waals surface area (Å²) in [6, 6.07) is 10.4. The Bertz CT molecular complexity index is 786. The zero-order valence-corrected chi connectivity index (χ0v) is 15.6. The number of halogens is 1. The summed E-state index contributed by atoms with van der Waals surface area (Å²) < 4.78 is 10.5. The molecule has 0 saturated heterocycles. The highest BCUT2D eigenvalue weighted by Gasteiger charge is 2.10. The van der Waals surface area contributed by atoms with E-state index in [4.69, 9.17) is 21.1 Å². The van der Waals surface area contributed by atoms with E-state index < -0.39 is 0 Å². The summed E-state index contributed by atoms with van der Waals surface area (Å²) in [5, 5.41) is 5.91. The minimum Gasteiger partial charge on any atom is -0.497 e. The van der Waals surface area contributed by atoms with E-state index >= 15 is 0 Å². The van der Waals surface area contributed by atoms with Crippen molar-refractivity contribution in [2.75, 3.05) is 24.9 Å². The molecule has 0 aliphatic rings. The predicted octanol–water partition coefficient (Wildman–Crippen LogP) is 3.89. The molecule has 0 radical (unpaired) electrons. The van der Waals surface area contributed by atoms with Crippen molar-refractivity contribution in [1.29, 1.82) is 0 Å². The Morgan fingerprint density at radius 3 is 2.19 bits per heavy atom. The molecule has 138 valence electrons. The van der Waals surface area contributed by atoms with Crippen LogP contribution < -0.4 is 20.1 Å². The number of hydrogen-bond donors (Lipinski definition) is 2. The van der Waals surface area contributed by atoms with Crippen LogP contribution in [0, 0.1) is 0 Å². The maximum atomic E-state index is 12.3.